The second-order valence-corrected chi connectivity index (χ2v) is 15.0. The van der Waals surface area contributed by atoms with Gasteiger partial charge in [-0.05, 0) is 106 Å². The van der Waals surface area contributed by atoms with Crippen molar-refractivity contribution in [1.29, 1.82) is 0 Å². The number of carbonyl (C=O) groups is 2. The number of nitrogens with zero attached hydrogens (tertiary/aromatic N) is 1. The van der Waals surface area contributed by atoms with E-state index in [4.69, 9.17) is 9.47 Å². The third-order valence-electron chi connectivity index (χ3n) is 10.1. The SMILES string of the molecule is COc1cc2c(cc1OC(=O)NCCN(C)C)C[C@@H](CCCS(=O)CCCC(F)(F)C(F)(F)F)[C@@H]1[C@@H]2CC[C@]2(C)C(=O)CC[C@@H]12. The number of Topliss-reactive ketones (excluding diaryl/α,β-unsaturated/α-hetero) is 1. The molecule has 1 aromatic carbocycles. The van der Waals surface area contributed by atoms with E-state index in [1.165, 1.54) is 7.11 Å². The van der Waals surface area contributed by atoms with E-state index in [-0.39, 0.29) is 40.6 Å². The van der Waals surface area contributed by atoms with Crippen LogP contribution in [0.3, 0.4) is 0 Å². The number of ketones is 1. The third-order valence-corrected chi connectivity index (χ3v) is 11.6. The van der Waals surface area contributed by atoms with Crippen LogP contribution in [-0.4, -0.2) is 78.9 Å². The van der Waals surface area contributed by atoms with Gasteiger partial charge < -0.3 is 19.7 Å². The van der Waals surface area contributed by atoms with Crippen LogP contribution in [0.1, 0.15) is 75.3 Å². The molecule has 13 heteroatoms. The van der Waals surface area contributed by atoms with Crippen molar-refractivity contribution in [1.82, 2.24) is 10.2 Å². The molecule has 0 saturated heterocycles. The first kappa shape index (κ1) is 35.6. The average Bonchev–Trinajstić information content (AvgIpc) is 3.25. The first-order valence-electron chi connectivity index (χ1n) is 15.7. The van der Waals surface area contributed by atoms with Crippen LogP contribution in [0.5, 0.6) is 11.5 Å². The van der Waals surface area contributed by atoms with Crippen molar-refractivity contribution < 1.29 is 45.2 Å². The highest BCUT2D eigenvalue weighted by atomic mass is 32.2. The smallest absolute Gasteiger partial charge is 0.453 e. The fourth-order valence-corrected chi connectivity index (χ4v) is 8.96. The van der Waals surface area contributed by atoms with Crippen molar-refractivity contribution >= 4 is 22.7 Å². The summed E-state index contributed by atoms with van der Waals surface area (Å²) < 4.78 is 87.8. The molecule has 45 heavy (non-hydrogen) atoms. The summed E-state index contributed by atoms with van der Waals surface area (Å²) in [6, 6.07) is 3.81. The van der Waals surface area contributed by atoms with Crippen molar-refractivity contribution in [2.75, 3.05) is 45.8 Å². The van der Waals surface area contributed by atoms with Gasteiger partial charge in [0.1, 0.15) is 5.78 Å². The van der Waals surface area contributed by atoms with Crippen molar-refractivity contribution in [3.63, 3.8) is 0 Å². The number of carbonyl (C=O) groups excluding carboxylic acids is 2. The lowest BCUT2D eigenvalue weighted by Crippen LogP contribution is -2.46. The number of benzene rings is 1. The number of methoxy groups -OCH3 is 1. The molecule has 2 saturated carbocycles. The summed E-state index contributed by atoms with van der Waals surface area (Å²) in [5.74, 6) is -3.02. The van der Waals surface area contributed by atoms with Crippen LogP contribution in [0.15, 0.2) is 12.1 Å². The van der Waals surface area contributed by atoms with E-state index in [0.717, 1.165) is 30.4 Å². The predicted molar refractivity (Wildman–Crippen MR) is 161 cm³/mol. The summed E-state index contributed by atoms with van der Waals surface area (Å²) in [6.45, 7) is 3.14. The molecule has 3 aliphatic rings. The van der Waals surface area contributed by atoms with Gasteiger partial charge in [0, 0.05) is 53.7 Å². The highest BCUT2D eigenvalue weighted by Crippen LogP contribution is 2.62. The van der Waals surface area contributed by atoms with Gasteiger partial charge in [0.15, 0.2) is 11.5 Å². The molecule has 1 N–H and O–H groups in total. The second kappa shape index (κ2) is 14.2. The molecule has 1 amide bonds. The van der Waals surface area contributed by atoms with Gasteiger partial charge in [0.25, 0.3) is 0 Å². The Hall–Kier alpha value is -2.28. The monoisotopic (exact) mass is 664 g/mol. The fourth-order valence-electron chi connectivity index (χ4n) is 7.80. The topological polar surface area (TPSA) is 84.9 Å². The van der Waals surface area contributed by atoms with E-state index >= 15 is 0 Å². The van der Waals surface area contributed by atoms with E-state index in [1.54, 1.807) is 0 Å². The maximum atomic E-state index is 13.3. The Morgan fingerprint density at radius 2 is 1.82 bits per heavy atom. The van der Waals surface area contributed by atoms with Crippen molar-refractivity contribution in [2.45, 2.75) is 82.7 Å². The molecule has 2 fully saturated rings. The van der Waals surface area contributed by atoms with Crippen molar-refractivity contribution in [2.24, 2.45) is 23.2 Å². The highest BCUT2D eigenvalue weighted by Gasteiger charge is 2.57. The number of alkyl halides is 5. The highest BCUT2D eigenvalue weighted by molar-refractivity contribution is 7.84. The van der Waals surface area contributed by atoms with E-state index < -0.39 is 41.8 Å². The number of rotatable bonds is 13. The lowest BCUT2D eigenvalue weighted by Gasteiger charge is -2.52. The van der Waals surface area contributed by atoms with Gasteiger partial charge in [-0.25, -0.2) is 4.79 Å². The predicted octanol–water partition coefficient (Wildman–Crippen LogP) is 6.50. The lowest BCUT2D eigenvalue weighted by molar-refractivity contribution is -0.284. The van der Waals surface area contributed by atoms with Crippen LogP contribution < -0.4 is 14.8 Å². The first-order valence-corrected chi connectivity index (χ1v) is 17.2. The number of amides is 1. The summed E-state index contributed by atoms with van der Waals surface area (Å²) >= 11 is 0. The minimum atomic E-state index is -5.61. The molecule has 0 spiro atoms. The minimum Gasteiger partial charge on any atom is -0.493 e. The summed E-state index contributed by atoms with van der Waals surface area (Å²) in [6.07, 6.45) is -3.22. The summed E-state index contributed by atoms with van der Waals surface area (Å²) in [7, 11) is 3.81. The zero-order valence-electron chi connectivity index (χ0n) is 26.4. The standard InChI is InChI=1S/C32H45F5N2O5S/c1-30-12-10-22-23-19-25(43-4)26(44-29(41)38-13-14-39(2)3)18-21(23)17-20(28(22)24(30)8-9-27(30)40)7-5-15-45(42)16-6-11-31(33,34)32(35,36)37/h18-20,22,24,28H,5-17H2,1-4H3,(H,38,41)/t20-,22-,24+,28-,30+,45?/m1/s1. The van der Waals surface area contributed by atoms with E-state index in [0.29, 0.717) is 56.1 Å². The number of fused-ring (bicyclic) bond motifs is 5. The average molecular weight is 665 g/mol. The number of hydrogen-bond donors (Lipinski definition) is 1. The molecule has 0 radical (unpaired) electrons. The molecule has 0 aliphatic heterocycles. The lowest BCUT2D eigenvalue weighted by atomic mass is 9.52. The van der Waals surface area contributed by atoms with Crippen LogP contribution >= 0.6 is 0 Å². The van der Waals surface area contributed by atoms with Gasteiger partial charge >= 0.3 is 18.2 Å². The molecule has 0 aromatic heterocycles. The van der Waals surface area contributed by atoms with Gasteiger partial charge in [0.05, 0.1) is 7.11 Å². The van der Waals surface area contributed by atoms with E-state index in [2.05, 4.69) is 12.2 Å². The van der Waals surface area contributed by atoms with Gasteiger partial charge in [-0.2, -0.15) is 22.0 Å². The van der Waals surface area contributed by atoms with Crippen LogP contribution in [0.25, 0.3) is 0 Å². The molecule has 0 bridgehead atoms. The maximum Gasteiger partial charge on any atom is 0.453 e. The van der Waals surface area contributed by atoms with Crippen LogP contribution in [-0.2, 0) is 22.0 Å². The van der Waals surface area contributed by atoms with E-state index in [1.807, 2.05) is 31.1 Å². The number of nitrogens with one attached hydrogen (secondary N) is 1. The number of halogens is 5. The third kappa shape index (κ3) is 8.00. The van der Waals surface area contributed by atoms with Gasteiger partial charge in [-0.15, -0.1) is 0 Å². The summed E-state index contributed by atoms with van der Waals surface area (Å²) in [4.78, 5) is 27.5. The fraction of sp³-hybridized carbons (Fsp3) is 0.750. The van der Waals surface area contributed by atoms with Crippen LogP contribution in [0.4, 0.5) is 26.7 Å². The Labute approximate surface area is 264 Å². The van der Waals surface area contributed by atoms with Crippen LogP contribution in [0.2, 0.25) is 0 Å². The Morgan fingerprint density at radius 3 is 2.49 bits per heavy atom. The molecule has 1 unspecified atom stereocenters. The number of likely N-dealkylation sites (N-methyl/N-ethyl adjacent to an activating group) is 1. The molecule has 7 nitrogen and oxygen atoms in total. The Balaban J connectivity index is 1.49. The Kier molecular flexibility index (Phi) is 11.2. The quantitative estimate of drug-likeness (QED) is 0.243. The van der Waals surface area contributed by atoms with Gasteiger partial charge in [0.2, 0.25) is 0 Å². The zero-order valence-corrected chi connectivity index (χ0v) is 27.3. The molecule has 3 aliphatic carbocycles. The van der Waals surface area contributed by atoms with Gasteiger partial charge in [-0.1, -0.05) is 6.92 Å². The summed E-state index contributed by atoms with van der Waals surface area (Å²) in [5, 5.41) is 2.73. The van der Waals surface area contributed by atoms with E-state index in [9.17, 15) is 35.8 Å². The largest absolute Gasteiger partial charge is 0.493 e. The molecule has 4 rings (SSSR count). The Bertz CT molecular complexity index is 1260. The van der Waals surface area contributed by atoms with Crippen LogP contribution in [0, 0.1) is 23.2 Å². The van der Waals surface area contributed by atoms with Crippen molar-refractivity contribution in [3.8, 4) is 11.5 Å². The second-order valence-electron chi connectivity index (χ2n) is 13.3. The zero-order chi connectivity index (χ0) is 33.2. The number of ether oxygens (including phenoxy) is 2. The molecule has 254 valence electrons. The van der Waals surface area contributed by atoms with Crippen molar-refractivity contribution in [3.05, 3.63) is 23.3 Å². The summed E-state index contributed by atoms with van der Waals surface area (Å²) in [5.41, 5.74) is 1.77. The minimum absolute atomic E-state index is 0.139. The molecular formula is C32H45F5N2O5S. The normalized spacial score (nSPS) is 27.0. The van der Waals surface area contributed by atoms with Gasteiger partial charge in [-0.3, -0.25) is 9.00 Å². The molecule has 6 atom stereocenters. The molecule has 1 aromatic rings. The molecular weight excluding hydrogens is 619 g/mol. The Morgan fingerprint density at radius 1 is 1.11 bits per heavy atom. The number of hydrogen-bond acceptors (Lipinski definition) is 6. The molecule has 0 heterocycles. The first-order chi connectivity index (χ1) is 21.1. The maximum absolute atomic E-state index is 13.3.